The molecule has 2 rings (SSSR count). The fraction of sp³-hybridized carbons (Fsp3) is 0.176. The Morgan fingerprint density at radius 1 is 1.27 bits per heavy atom. The zero-order chi connectivity index (χ0) is 18.9. The van der Waals surface area contributed by atoms with Crippen LogP contribution < -0.4 is 5.32 Å². The molecule has 0 amide bonds. The van der Waals surface area contributed by atoms with Gasteiger partial charge in [-0.25, -0.2) is 19.8 Å². The van der Waals surface area contributed by atoms with Crippen LogP contribution in [0.3, 0.4) is 0 Å². The molecule has 3 N–H and O–H groups in total. The highest BCUT2D eigenvalue weighted by Crippen LogP contribution is 2.19. The summed E-state index contributed by atoms with van der Waals surface area (Å²) in [5, 5.41) is 18.6. The minimum absolute atomic E-state index is 0.0379. The van der Waals surface area contributed by atoms with Crippen LogP contribution in [0.1, 0.15) is 6.92 Å². The first-order valence-corrected chi connectivity index (χ1v) is 8.89. The first kappa shape index (κ1) is 19.3. The van der Waals surface area contributed by atoms with E-state index in [9.17, 15) is 4.79 Å². The van der Waals surface area contributed by atoms with E-state index in [4.69, 9.17) is 15.6 Å². The van der Waals surface area contributed by atoms with Gasteiger partial charge in [0.2, 0.25) is 0 Å². The van der Waals surface area contributed by atoms with E-state index in [0.717, 1.165) is 17.3 Å². The van der Waals surface area contributed by atoms with Crippen LogP contribution in [-0.4, -0.2) is 45.5 Å². The zero-order valence-corrected chi connectivity index (χ0v) is 15.1. The third-order valence-electron chi connectivity index (χ3n) is 3.07. The smallest absolute Gasteiger partial charge is 0.360 e. The van der Waals surface area contributed by atoms with E-state index in [1.54, 1.807) is 49.8 Å². The van der Waals surface area contributed by atoms with Gasteiger partial charge in [-0.3, -0.25) is 10.8 Å². The van der Waals surface area contributed by atoms with Crippen molar-refractivity contribution < 1.29 is 9.53 Å². The maximum absolute atomic E-state index is 11.9. The van der Waals surface area contributed by atoms with E-state index in [1.165, 1.54) is 0 Å². The molecule has 1 aromatic heterocycles. The van der Waals surface area contributed by atoms with Gasteiger partial charge in [0.25, 0.3) is 0 Å². The van der Waals surface area contributed by atoms with Crippen LogP contribution in [0, 0.1) is 10.8 Å². The van der Waals surface area contributed by atoms with E-state index in [2.05, 4.69) is 20.3 Å². The molecular weight excluding hydrogens is 352 g/mol. The molecule has 1 aromatic carbocycles. The molecule has 0 bridgehead atoms. The van der Waals surface area contributed by atoms with Crippen LogP contribution in [0.5, 0.6) is 0 Å². The molecule has 0 atom stereocenters. The minimum Gasteiger partial charge on any atom is -0.461 e. The maximum atomic E-state index is 11.9. The number of anilines is 1. The Morgan fingerprint density at radius 3 is 2.65 bits per heavy atom. The number of aromatic nitrogens is 2. The zero-order valence-electron chi connectivity index (χ0n) is 14.3. The van der Waals surface area contributed by atoms with Crippen LogP contribution in [0.4, 0.5) is 5.69 Å². The second kappa shape index (κ2) is 9.42. The van der Waals surface area contributed by atoms with Crippen molar-refractivity contribution in [3.63, 3.8) is 0 Å². The Morgan fingerprint density at radius 2 is 2.00 bits per heavy atom. The maximum Gasteiger partial charge on any atom is 0.360 e. The largest absolute Gasteiger partial charge is 0.461 e. The summed E-state index contributed by atoms with van der Waals surface area (Å²) in [7, 11) is 0. The van der Waals surface area contributed by atoms with Crippen molar-refractivity contribution >= 4 is 40.1 Å². The number of rotatable bonds is 5. The fourth-order valence-corrected chi connectivity index (χ4v) is 2.10. The van der Waals surface area contributed by atoms with Gasteiger partial charge >= 0.3 is 5.97 Å². The number of benzene rings is 1. The van der Waals surface area contributed by atoms with Gasteiger partial charge in [0.1, 0.15) is 0 Å². The number of carbonyl (C=O) groups is 1. The molecule has 0 radical (unpaired) electrons. The average Bonchev–Trinajstić information content (AvgIpc) is 2.67. The van der Waals surface area contributed by atoms with E-state index in [0.29, 0.717) is 11.5 Å². The summed E-state index contributed by atoms with van der Waals surface area (Å²) in [6.07, 6.45) is 4.97. The van der Waals surface area contributed by atoms with Gasteiger partial charge in [-0.2, -0.15) is 0 Å². The predicted molar refractivity (Wildman–Crippen MR) is 104 cm³/mol. The molecule has 0 fully saturated rings. The van der Waals surface area contributed by atoms with Gasteiger partial charge in [0.15, 0.2) is 22.5 Å². The number of nitrogens with zero attached hydrogens (tertiary/aromatic N) is 3. The Labute approximate surface area is 155 Å². The topological polar surface area (TPSA) is 124 Å². The quantitative estimate of drug-likeness (QED) is 0.422. The minimum atomic E-state index is -0.810. The van der Waals surface area contributed by atoms with Crippen LogP contribution >= 0.6 is 11.8 Å². The second-order valence-electron chi connectivity index (χ2n) is 4.84. The van der Waals surface area contributed by atoms with Gasteiger partial charge in [-0.05, 0) is 31.4 Å². The fourth-order valence-electron chi connectivity index (χ4n) is 1.91. The standard InChI is InChI=1S/C17H18N6O2S/c1-3-25-16(24)13(18)15(23-17(19)26-2)22-12-7-4-6-11(10-12)14-20-8-5-9-21-14/h4-10,18H,3H2,1-2H3,(H2,19,22,23). The lowest BCUT2D eigenvalue weighted by Gasteiger charge is -2.11. The molecule has 0 aliphatic rings. The SMILES string of the molecule is CCOC(=O)C(=N)/C(=N\C(=N)SC)Nc1cccc(-c2ncccn2)c1. The van der Waals surface area contributed by atoms with Crippen molar-refractivity contribution in [2.45, 2.75) is 6.92 Å². The summed E-state index contributed by atoms with van der Waals surface area (Å²) in [6.45, 7) is 1.80. The van der Waals surface area contributed by atoms with Crippen molar-refractivity contribution in [1.82, 2.24) is 9.97 Å². The molecule has 26 heavy (non-hydrogen) atoms. The van der Waals surface area contributed by atoms with Crippen LogP contribution in [0.2, 0.25) is 0 Å². The number of hydrogen-bond donors (Lipinski definition) is 3. The van der Waals surface area contributed by atoms with Crippen molar-refractivity contribution in [2.24, 2.45) is 4.99 Å². The normalized spacial score (nSPS) is 10.9. The Hall–Kier alpha value is -3.07. The Balaban J connectivity index is 2.31. The van der Waals surface area contributed by atoms with E-state index < -0.39 is 11.7 Å². The molecule has 0 saturated carbocycles. The molecule has 1 heterocycles. The number of hydrogen-bond acceptors (Lipinski definition) is 7. The van der Waals surface area contributed by atoms with E-state index in [1.807, 2.05) is 6.07 Å². The van der Waals surface area contributed by atoms with Crippen molar-refractivity contribution in [3.05, 3.63) is 42.7 Å². The Bertz CT molecular complexity index is 838. The van der Waals surface area contributed by atoms with Gasteiger partial charge in [0.05, 0.1) is 6.61 Å². The lowest BCUT2D eigenvalue weighted by molar-refractivity contribution is -0.134. The number of ether oxygens (including phenoxy) is 1. The van der Waals surface area contributed by atoms with Crippen LogP contribution in [0.25, 0.3) is 11.4 Å². The number of amidine groups is 2. The number of nitrogens with one attached hydrogen (secondary N) is 3. The number of thioether (sulfide) groups is 1. The van der Waals surface area contributed by atoms with Crippen LogP contribution in [0.15, 0.2) is 47.7 Å². The van der Waals surface area contributed by atoms with Crippen molar-refractivity contribution in [2.75, 3.05) is 18.2 Å². The van der Waals surface area contributed by atoms with Gasteiger partial charge in [-0.15, -0.1) is 0 Å². The molecule has 0 spiro atoms. The first-order valence-electron chi connectivity index (χ1n) is 7.67. The molecule has 8 nitrogen and oxygen atoms in total. The van der Waals surface area contributed by atoms with E-state index in [-0.39, 0.29) is 17.6 Å². The summed E-state index contributed by atoms with van der Waals surface area (Å²) < 4.78 is 4.85. The number of esters is 1. The van der Waals surface area contributed by atoms with Gasteiger partial charge < -0.3 is 10.1 Å². The monoisotopic (exact) mass is 370 g/mol. The lowest BCUT2D eigenvalue weighted by Crippen LogP contribution is -2.31. The summed E-state index contributed by atoms with van der Waals surface area (Å²) in [5.41, 5.74) is 0.890. The van der Waals surface area contributed by atoms with Crippen molar-refractivity contribution in [1.29, 1.82) is 10.8 Å². The van der Waals surface area contributed by atoms with E-state index >= 15 is 0 Å². The molecule has 9 heteroatoms. The number of carbonyl (C=O) groups excluding carboxylic acids is 1. The lowest BCUT2D eigenvalue weighted by atomic mass is 10.2. The highest BCUT2D eigenvalue weighted by Gasteiger charge is 2.19. The van der Waals surface area contributed by atoms with Gasteiger partial charge in [0, 0.05) is 23.6 Å². The highest BCUT2D eigenvalue weighted by atomic mass is 32.2. The molecule has 0 aliphatic carbocycles. The molecule has 0 aliphatic heterocycles. The molecule has 0 unspecified atom stereocenters. The highest BCUT2D eigenvalue weighted by molar-refractivity contribution is 8.13. The molecule has 2 aromatic rings. The summed E-state index contributed by atoms with van der Waals surface area (Å²) in [4.78, 5) is 24.3. The first-order chi connectivity index (χ1) is 12.5. The summed E-state index contributed by atoms with van der Waals surface area (Å²) in [5.74, 6) is -0.323. The van der Waals surface area contributed by atoms with Crippen molar-refractivity contribution in [3.8, 4) is 11.4 Å². The second-order valence-corrected chi connectivity index (χ2v) is 5.64. The molecular formula is C17H18N6O2S. The average molecular weight is 370 g/mol. The van der Waals surface area contributed by atoms with Crippen LogP contribution in [-0.2, 0) is 9.53 Å². The Kier molecular flexibility index (Phi) is 6.98. The number of aliphatic imine (C=N–C) groups is 1. The predicted octanol–water partition coefficient (Wildman–Crippen LogP) is 2.83. The van der Waals surface area contributed by atoms with Gasteiger partial charge in [-0.1, -0.05) is 23.9 Å². The third-order valence-corrected chi connectivity index (χ3v) is 3.55. The summed E-state index contributed by atoms with van der Waals surface area (Å²) in [6, 6.07) is 8.89. The molecule has 0 saturated heterocycles. The third kappa shape index (κ3) is 5.21. The molecule has 134 valence electrons. The summed E-state index contributed by atoms with van der Waals surface area (Å²) >= 11 is 1.09.